The Kier molecular flexibility index (Phi) is 6.66. The van der Waals surface area contributed by atoms with Crippen LogP contribution in [0.5, 0.6) is 0 Å². The number of pyridine rings is 1. The smallest absolute Gasteiger partial charge is 0.354 e. The summed E-state index contributed by atoms with van der Waals surface area (Å²) in [6, 6.07) is 1.41. The van der Waals surface area contributed by atoms with Gasteiger partial charge in [0.15, 0.2) is 5.82 Å². The second kappa shape index (κ2) is 9.40. The fraction of sp³-hybridized carbons (Fsp3) is 0.565. The van der Waals surface area contributed by atoms with Gasteiger partial charge in [-0.25, -0.2) is 23.9 Å². The van der Waals surface area contributed by atoms with Gasteiger partial charge >= 0.3 is 11.8 Å². The fourth-order valence-corrected chi connectivity index (χ4v) is 6.59. The van der Waals surface area contributed by atoms with Crippen molar-refractivity contribution >= 4 is 46.1 Å². The molecule has 4 N–H and O–H groups in total. The maximum atomic E-state index is 14.4. The quantitative estimate of drug-likeness (QED) is 0.511. The third-order valence-electron chi connectivity index (χ3n) is 7.00. The Morgan fingerprint density at radius 3 is 2.70 bits per heavy atom. The van der Waals surface area contributed by atoms with Gasteiger partial charge < -0.3 is 20.7 Å². The number of fused-ring (bicyclic) bond motifs is 1. The Hall–Kier alpha value is -2.42. The van der Waals surface area contributed by atoms with Crippen LogP contribution in [0.4, 0.5) is 26.2 Å². The normalized spacial score (nSPS) is 23.2. The maximum Gasteiger partial charge on any atom is 0.354 e. The average molecular weight is 554 g/mol. The average Bonchev–Trinajstić information content (AvgIpc) is 3.32. The predicted molar refractivity (Wildman–Crippen MR) is 137 cm³/mol. The molecule has 2 atom stereocenters. The lowest BCUT2D eigenvalue weighted by molar-refractivity contribution is -0.139. The zero-order valence-electron chi connectivity index (χ0n) is 20.7. The Morgan fingerprint density at radius 1 is 1.30 bits per heavy atom. The minimum absolute atomic E-state index is 0.00577. The van der Waals surface area contributed by atoms with Crippen molar-refractivity contribution < 1.29 is 22.5 Å². The minimum atomic E-state index is -3.69. The van der Waals surface area contributed by atoms with Crippen LogP contribution in [0.15, 0.2) is 28.4 Å². The highest BCUT2D eigenvalue weighted by Gasteiger charge is 2.51. The SMILES string of the molecule is CC(C)(C)[S@](=O)N[C@@H]1COCC12CCN(c1cnc(Sc3ccnc4c3C(F)(F)C(=O)N4)c(N)n1)CC2. The van der Waals surface area contributed by atoms with E-state index in [1.54, 1.807) is 6.20 Å². The van der Waals surface area contributed by atoms with Gasteiger partial charge in [-0.1, -0.05) is 11.8 Å². The van der Waals surface area contributed by atoms with Gasteiger partial charge in [-0.3, -0.25) is 4.79 Å². The van der Waals surface area contributed by atoms with Gasteiger partial charge in [0.1, 0.15) is 16.7 Å². The largest absolute Gasteiger partial charge is 0.381 e. The summed E-state index contributed by atoms with van der Waals surface area (Å²) in [6.07, 6.45) is 4.57. The number of carbonyl (C=O) groups is 1. The molecule has 3 aliphatic rings. The summed E-state index contributed by atoms with van der Waals surface area (Å²) in [5, 5.41) is 2.37. The van der Waals surface area contributed by atoms with Crippen molar-refractivity contribution in [2.24, 2.45) is 5.41 Å². The molecule has 37 heavy (non-hydrogen) atoms. The van der Waals surface area contributed by atoms with E-state index in [1.807, 2.05) is 20.8 Å². The van der Waals surface area contributed by atoms with Gasteiger partial charge in [-0.2, -0.15) is 8.78 Å². The molecule has 14 heteroatoms. The standard InChI is InChI=1S/C23H29F2N7O3S2/c1-21(2,3)37(34)31-14-11-35-12-22(14)5-8-32(9-6-22)15-10-28-19(17(26)29-15)36-13-4-7-27-18-16(13)23(24,25)20(33)30-18/h4,7,10,14,31H,5-6,8-9,11-12H2,1-3H3,(H2,26,29)(H,27,30,33)/t14-,37+/m1/s1. The van der Waals surface area contributed by atoms with E-state index in [-0.39, 0.29) is 37.8 Å². The molecule has 5 heterocycles. The summed E-state index contributed by atoms with van der Waals surface area (Å²) in [5.74, 6) is -4.55. The molecule has 200 valence electrons. The monoisotopic (exact) mass is 553 g/mol. The van der Waals surface area contributed by atoms with Crippen molar-refractivity contribution in [3.05, 3.63) is 24.0 Å². The van der Waals surface area contributed by atoms with Crippen LogP contribution in [0.1, 0.15) is 39.2 Å². The predicted octanol–water partition coefficient (Wildman–Crippen LogP) is 2.69. The number of amides is 1. The van der Waals surface area contributed by atoms with E-state index in [9.17, 15) is 17.8 Å². The number of hydrogen-bond donors (Lipinski definition) is 3. The van der Waals surface area contributed by atoms with E-state index in [4.69, 9.17) is 10.5 Å². The molecule has 1 spiro atoms. The van der Waals surface area contributed by atoms with Crippen molar-refractivity contribution in [2.45, 2.75) is 60.2 Å². The number of nitrogens with two attached hydrogens (primary N) is 1. The molecule has 2 aromatic heterocycles. The summed E-state index contributed by atoms with van der Waals surface area (Å²) in [5.41, 5.74) is 5.59. The van der Waals surface area contributed by atoms with Gasteiger partial charge in [-0.15, -0.1) is 0 Å². The number of aromatic nitrogens is 3. The molecule has 2 saturated heterocycles. The Morgan fingerprint density at radius 2 is 2.03 bits per heavy atom. The van der Waals surface area contributed by atoms with E-state index in [0.717, 1.165) is 24.6 Å². The third-order valence-corrected chi connectivity index (χ3v) is 9.68. The van der Waals surface area contributed by atoms with Crippen molar-refractivity contribution in [2.75, 3.05) is 42.3 Å². The summed E-state index contributed by atoms with van der Waals surface area (Å²) in [4.78, 5) is 26.6. The molecule has 2 fully saturated rings. The number of alkyl halides is 2. The number of nitrogen functional groups attached to an aromatic ring is 1. The number of nitrogens with one attached hydrogen (secondary N) is 2. The summed E-state index contributed by atoms with van der Waals surface area (Å²) in [6.45, 7) is 8.35. The first-order valence-electron chi connectivity index (χ1n) is 11.9. The van der Waals surface area contributed by atoms with Crippen LogP contribution in [0.25, 0.3) is 0 Å². The molecule has 0 bridgehead atoms. The van der Waals surface area contributed by atoms with Crippen molar-refractivity contribution in [1.29, 1.82) is 0 Å². The lowest BCUT2D eigenvalue weighted by Gasteiger charge is -2.42. The lowest BCUT2D eigenvalue weighted by Crippen LogP contribution is -2.53. The van der Waals surface area contributed by atoms with Crippen molar-refractivity contribution in [3.8, 4) is 0 Å². The van der Waals surface area contributed by atoms with E-state index >= 15 is 0 Å². The lowest BCUT2D eigenvalue weighted by atomic mass is 9.75. The number of nitrogens with zero attached hydrogens (tertiary/aromatic N) is 4. The minimum Gasteiger partial charge on any atom is -0.381 e. The third kappa shape index (κ3) is 4.79. The second-order valence-corrected chi connectivity index (χ2v) is 13.5. The fourth-order valence-electron chi connectivity index (χ4n) is 4.74. The number of piperidine rings is 1. The van der Waals surface area contributed by atoms with Crippen molar-refractivity contribution in [1.82, 2.24) is 19.7 Å². The Labute approximate surface area is 220 Å². The molecule has 2 aromatic rings. The molecular formula is C23H29F2N7O3S2. The van der Waals surface area contributed by atoms with Crippen LogP contribution >= 0.6 is 11.8 Å². The topological polar surface area (TPSA) is 135 Å². The molecule has 0 unspecified atom stereocenters. The van der Waals surface area contributed by atoms with E-state index < -0.39 is 28.4 Å². The highest BCUT2D eigenvalue weighted by Crippen LogP contribution is 2.46. The van der Waals surface area contributed by atoms with E-state index in [2.05, 4.69) is 29.9 Å². The van der Waals surface area contributed by atoms with Crippen LogP contribution in [-0.2, 0) is 26.4 Å². The molecule has 0 aliphatic carbocycles. The molecule has 5 rings (SSSR count). The van der Waals surface area contributed by atoms with Gasteiger partial charge in [0.05, 0.1) is 46.7 Å². The molecular weight excluding hydrogens is 524 g/mol. The summed E-state index contributed by atoms with van der Waals surface area (Å²) >= 11 is 0.919. The first kappa shape index (κ1) is 26.2. The number of anilines is 3. The number of rotatable bonds is 5. The molecule has 1 amide bonds. The van der Waals surface area contributed by atoms with Crippen LogP contribution < -0.4 is 20.7 Å². The molecule has 0 saturated carbocycles. The van der Waals surface area contributed by atoms with Gasteiger partial charge in [0.2, 0.25) is 0 Å². The zero-order chi connectivity index (χ0) is 26.6. The Bertz CT molecular complexity index is 1250. The van der Waals surface area contributed by atoms with E-state index in [1.165, 1.54) is 12.3 Å². The summed E-state index contributed by atoms with van der Waals surface area (Å²) in [7, 11) is -1.19. The van der Waals surface area contributed by atoms with Crippen molar-refractivity contribution in [3.63, 3.8) is 0 Å². The van der Waals surface area contributed by atoms with Crippen LogP contribution in [0, 0.1) is 5.41 Å². The van der Waals surface area contributed by atoms with Gasteiger partial charge in [0, 0.05) is 29.6 Å². The van der Waals surface area contributed by atoms with Crippen LogP contribution in [-0.4, -0.2) is 62.2 Å². The molecule has 3 aliphatic heterocycles. The molecule has 10 nitrogen and oxygen atoms in total. The highest BCUT2D eigenvalue weighted by atomic mass is 32.2. The number of ether oxygens (including phenoxy) is 1. The molecule has 0 radical (unpaired) electrons. The number of hydrogen-bond acceptors (Lipinski definition) is 9. The number of halogens is 2. The van der Waals surface area contributed by atoms with Crippen LogP contribution in [0.2, 0.25) is 0 Å². The Balaban J connectivity index is 1.28. The second-order valence-electron chi connectivity index (χ2n) is 10.5. The maximum absolute atomic E-state index is 14.4. The van der Waals surface area contributed by atoms with Gasteiger partial charge in [-0.05, 0) is 39.7 Å². The first-order chi connectivity index (χ1) is 17.4. The number of carbonyl (C=O) groups excluding carboxylic acids is 1. The van der Waals surface area contributed by atoms with Crippen LogP contribution in [0.3, 0.4) is 0 Å². The zero-order valence-corrected chi connectivity index (χ0v) is 22.3. The summed E-state index contributed by atoms with van der Waals surface area (Å²) < 4.78 is 50.2. The van der Waals surface area contributed by atoms with E-state index in [0.29, 0.717) is 32.1 Å². The van der Waals surface area contributed by atoms with Gasteiger partial charge in [0.25, 0.3) is 0 Å². The molecule has 0 aromatic carbocycles. The first-order valence-corrected chi connectivity index (χ1v) is 13.9. The highest BCUT2D eigenvalue weighted by molar-refractivity contribution is 7.99.